The van der Waals surface area contributed by atoms with Gasteiger partial charge >= 0.3 is 5.97 Å². The van der Waals surface area contributed by atoms with Crippen LogP contribution in [0.5, 0.6) is 0 Å². The van der Waals surface area contributed by atoms with Crippen LogP contribution in [0.1, 0.15) is 32.4 Å². The molecule has 0 spiro atoms. The molecular weight excluding hydrogens is 248 g/mol. The van der Waals surface area contributed by atoms with Crippen LogP contribution < -0.4 is 5.32 Å². The van der Waals surface area contributed by atoms with Crippen molar-refractivity contribution in [1.29, 1.82) is 0 Å². The summed E-state index contributed by atoms with van der Waals surface area (Å²) >= 11 is 0. The van der Waals surface area contributed by atoms with Gasteiger partial charge in [-0.15, -0.1) is 0 Å². The summed E-state index contributed by atoms with van der Waals surface area (Å²) < 4.78 is 5.17. The molecule has 0 aliphatic heterocycles. The highest BCUT2D eigenvalue weighted by Gasteiger charge is 2.10. The fourth-order valence-corrected chi connectivity index (χ4v) is 1.52. The summed E-state index contributed by atoms with van der Waals surface area (Å²) in [6.45, 7) is 1.88. The third kappa shape index (κ3) is 3.19. The van der Waals surface area contributed by atoms with Gasteiger partial charge in [0.25, 0.3) is 5.91 Å². The highest BCUT2D eigenvalue weighted by Crippen LogP contribution is 2.06. The van der Waals surface area contributed by atoms with Gasteiger partial charge in [-0.2, -0.15) is 0 Å². The lowest BCUT2D eigenvalue weighted by Gasteiger charge is -2.03. The van der Waals surface area contributed by atoms with Crippen molar-refractivity contribution in [2.75, 3.05) is 0 Å². The van der Waals surface area contributed by atoms with Gasteiger partial charge in [0.2, 0.25) is 0 Å². The van der Waals surface area contributed by atoms with E-state index < -0.39 is 5.97 Å². The minimum absolute atomic E-state index is 0.132. The molecule has 0 atom stereocenters. The Morgan fingerprint density at radius 1 is 1.37 bits per heavy atom. The predicted molar refractivity (Wildman–Crippen MR) is 65.8 cm³/mol. The van der Waals surface area contributed by atoms with Crippen LogP contribution in [0.25, 0.3) is 0 Å². The molecule has 0 saturated heterocycles. The second-order valence-electron chi connectivity index (χ2n) is 3.93. The van der Waals surface area contributed by atoms with Crippen molar-refractivity contribution in [2.24, 2.45) is 0 Å². The number of pyridine rings is 1. The molecule has 0 aromatic carbocycles. The predicted octanol–water partition coefficient (Wildman–Crippen LogP) is 1.61. The van der Waals surface area contributed by atoms with E-state index >= 15 is 0 Å². The normalized spacial score (nSPS) is 10.2. The number of rotatable bonds is 4. The molecule has 0 unspecified atom stereocenters. The number of furan rings is 1. The molecule has 0 aliphatic rings. The molecule has 0 bridgehead atoms. The largest absolute Gasteiger partial charge is 0.478 e. The number of hydrogen-bond acceptors (Lipinski definition) is 4. The number of hydrogen-bond donors (Lipinski definition) is 2. The van der Waals surface area contributed by atoms with Gasteiger partial charge < -0.3 is 14.8 Å². The highest BCUT2D eigenvalue weighted by molar-refractivity contribution is 5.91. The maximum absolute atomic E-state index is 11.7. The molecule has 2 aromatic rings. The van der Waals surface area contributed by atoms with Crippen LogP contribution in [-0.2, 0) is 6.54 Å². The van der Waals surface area contributed by atoms with Crippen molar-refractivity contribution < 1.29 is 19.1 Å². The SMILES string of the molecule is Cc1ccc(C(=O)NCc2cc(C(=O)O)ccn2)o1. The minimum Gasteiger partial charge on any atom is -0.478 e. The zero-order valence-electron chi connectivity index (χ0n) is 10.2. The average Bonchev–Trinajstić information content (AvgIpc) is 2.83. The Kier molecular flexibility index (Phi) is 3.61. The van der Waals surface area contributed by atoms with E-state index in [0.29, 0.717) is 11.5 Å². The number of aromatic carboxylic acids is 1. The van der Waals surface area contributed by atoms with Gasteiger partial charge in [0, 0.05) is 6.20 Å². The highest BCUT2D eigenvalue weighted by atomic mass is 16.4. The lowest BCUT2D eigenvalue weighted by atomic mass is 10.2. The van der Waals surface area contributed by atoms with Gasteiger partial charge in [-0.05, 0) is 31.2 Å². The van der Waals surface area contributed by atoms with Gasteiger partial charge in [-0.1, -0.05) is 0 Å². The Hall–Kier alpha value is -2.63. The zero-order chi connectivity index (χ0) is 13.8. The standard InChI is InChI=1S/C13H12N2O4/c1-8-2-3-11(19-8)12(16)15-7-10-6-9(13(17)18)4-5-14-10/h2-6H,7H2,1H3,(H,15,16)(H,17,18). The average molecular weight is 260 g/mol. The summed E-state index contributed by atoms with van der Waals surface area (Å²) in [5.74, 6) is -0.532. The Morgan fingerprint density at radius 3 is 2.79 bits per heavy atom. The number of carboxylic acids is 1. The van der Waals surface area contributed by atoms with Gasteiger partial charge in [-0.3, -0.25) is 9.78 Å². The van der Waals surface area contributed by atoms with Crippen molar-refractivity contribution in [3.8, 4) is 0 Å². The second kappa shape index (κ2) is 5.34. The number of carbonyl (C=O) groups excluding carboxylic acids is 1. The molecule has 98 valence electrons. The number of nitrogens with zero attached hydrogens (tertiary/aromatic N) is 1. The quantitative estimate of drug-likeness (QED) is 0.871. The van der Waals surface area contributed by atoms with Crippen molar-refractivity contribution in [3.05, 3.63) is 53.2 Å². The summed E-state index contributed by atoms with van der Waals surface area (Å²) in [4.78, 5) is 26.5. The van der Waals surface area contributed by atoms with Crippen LogP contribution in [-0.4, -0.2) is 22.0 Å². The van der Waals surface area contributed by atoms with Crippen molar-refractivity contribution in [3.63, 3.8) is 0 Å². The first-order valence-corrected chi connectivity index (χ1v) is 5.59. The molecule has 6 heteroatoms. The number of aromatic nitrogens is 1. The molecule has 1 amide bonds. The molecule has 0 saturated carbocycles. The van der Waals surface area contributed by atoms with E-state index in [1.807, 2.05) is 0 Å². The van der Waals surface area contributed by atoms with E-state index in [-0.39, 0.29) is 23.8 Å². The molecule has 6 nitrogen and oxygen atoms in total. The van der Waals surface area contributed by atoms with Gasteiger partial charge in [0.15, 0.2) is 5.76 Å². The van der Waals surface area contributed by atoms with E-state index in [2.05, 4.69) is 10.3 Å². The molecule has 2 rings (SSSR count). The summed E-state index contributed by atoms with van der Waals surface area (Å²) in [5, 5.41) is 11.4. The Morgan fingerprint density at radius 2 is 2.16 bits per heavy atom. The van der Waals surface area contributed by atoms with Gasteiger partial charge in [-0.25, -0.2) is 4.79 Å². The van der Waals surface area contributed by atoms with E-state index in [9.17, 15) is 9.59 Å². The number of carboxylic acid groups (broad SMARTS) is 1. The van der Waals surface area contributed by atoms with E-state index in [0.717, 1.165) is 0 Å². The fraction of sp³-hybridized carbons (Fsp3) is 0.154. The second-order valence-corrected chi connectivity index (χ2v) is 3.93. The first kappa shape index (κ1) is 12.8. The van der Waals surface area contributed by atoms with Gasteiger partial charge in [0.1, 0.15) is 5.76 Å². The van der Waals surface area contributed by atoms with Crippen LogP contribution in [0, 0.1) is 6.92 Å². The zero-order valence-corrected chi connectivity index (χ0v) is 10.2. The maximum atomic E-state index is 11.7. The summed E-state index contributed by atoms with van der Waals surface area (Å²) in [5.41, 5.74) is 0.602. The number of amides is 1. The van der Waals surface area contributed by atoms with Crippen molar-refractivity contribution in [2.45, 2.75) is 13.5 Å². The number of carbonyl (C=O) groups is 2. The Bertz CT molecular complexity index is 619. The van der Waals surface area contributed by atoms with E-state index in [1.165, 1.54) is 18.3 Å². The molecule has 2 heterocycles. The van der Waals surface area contributed by atoms with Crippen LogP contribution in [0.2, 0.25) is 0 Å². The summed E-state index contributed by atoms with van der Waals surface area (Å²) in [7, 11) is 0. The first-order valence-electron chi connectivity index (χ1n) is 5.59. The van der Waals surface area contributed by atoms with Gasteiger partial charge in [0.05, 0.1) is 17.8 Å². The molecule has 0 fully saturated rings. The molecule has 0 aliphatic carbocycles. The summed E-state index contributed by atoms with van der Waals surface area (Å²) in [6, 6.07) is 6.07. The van der Waals surface area contributed by atoms with Crippen molar-refractivity contribution in [1.82, 2.24) is 10.3 Å². The number of nitrogens with one attached hydrogen (secondary N) is 1. The lowest BCUT2D eigenvalue weighted by molar-refractivity contribution is 0.0696. The molecule has 2 aromatic heterocycles. The Balaban J connectivity index is 2.01. The summed E-state index contributed by atoms with van der Waals surface area (Å²) in [6.07, 6.45) is 1.39. The molecule has 2 N–H and O–H groups in total. The Labute approximate surface area is 109 Å². The van der Waals surface area contributed by atoms with Crippen molar-refractivity contribution >= 4 is 11.9 Å². The van der Waals surface area contributed by atoms with Crippen LogP contribution >= 0.6 is 0 Å². The minimum atomic E-state index is -1.03. The van der Waals surface area contributed by atoms with Crippen LogP contribution in [0.4, 0.5) is 0 Å². The maximum Gasteiger partial charge on any atom is 0.335 e. The third-order valence-corrected chi connectivity index (χ3v) is 2.46. The molecule has 0 radical (unpaired) electrons. The number of aryl methyl sites for hydroxylation is 1. The smallest absolute Gasteiger partial charge is 0.335 e. The van der Waals surface area contributed by atoms with Crippen LogP contribution in [0.15, 0.2) is 34.9 Å². The lowest BCUT2D eigenvalue weighted by Crippen LogP contribution is -2.23. The van der Waals surface area contributed by atoms with Crippen LogP contribution in [0.3, 0.4) is 0 Å². The van der Waals surface area contributed by atoms with E-state index in [4.69, 9.17) is 9.52 Å². The first-order chi connectivity index (χ1) is 9.06. The third-order valence-electron chi connectivity index (χ3n) is 2.46. The molecular formula is C13H12N2O4. The topological polar surface area (TPSA) is 92.4 Å². The van der Waals surface area contributed by atoms with E-state index in [1.54, 1.807) is 19.1 Å². The fourth-order valence-electron chi connectivity index (χ4n) is 1.52. The molecule has 19 heavy (non-hydrogen) atoms. The monoisotopic (exact) mass is 260 g/mol.